The molecule has 1 spiro atoms. The Labute approximate surface area is 106 Å². The highest BCUT2D eigenvalue weighted by atomic mass is 16.5. The molecule has 0 radical (unpaired) electrons. The number of aliphatic hydroxyl groups is 1. The van der Waals surface area contributed by atoms with Crippen LogP contribution in [0.15, 0.2) is 18.2 Å². The van der Waals surface area contributed by atoms with E-state index in [9.17, 15) is 5.11 Å². The van der Waals surface area contributed by atoms with Crippen LogP contribution < -0.4 is 9.47 Å². The molecule has 1 N–H and O–H groups in total. The normalized spacial score (nSPS) is 33.5. The van der Waals surface area contributed by atoms with Crippen molar-refractivity contribution in [3.05, 3.63) is 23.8 Å². The molecule has 4 nitrogen and oxygen atoms in total. The first-order chi connectivity index (χ1) is 8.65. The van der Waals surface area contributed by atoms with Gasteiger partial charge < -0.3 is 19.3 Å². The largest absolute Gasteiger partial charge is 0.497 e. The van der Waals surface area contributed by atoms with Crippen LogP contribution in [0.2, 0.25) is 0 Å². The van der Waals surface area contributed by atoms with Crippen molar-refractivity contribution in [3.8, 4) is 11.5 Å². The molecule has 1 unspecified atom stereocenters. The quantitative estimate of drug-likeness (QED) is 0.872. The molecule has 1 aliphatic heterocycles. The molecule has 1 heterocycles. The summed E-state index contributed by atoms with van der Waals surface area (Å²) in [5.74, 6) is 1.49. The lowest BCUT2D eigenvalue weighted by Crippen LogP contribution is -2.54. The van der Waals surface area contributed by atoms with Gasteiger partial charge in [0.1, 0.15) is 17.1 Å². The SMILES string of the molecule is COc1ccc2c(c1)OC1(CC(OC)C1)CC2O. The summed E-state index contributed by atoms with van der Waals surface area (Å²) in [7, 11) is 3.34. The molecule has 1 saturated carbocycles. The number of methoxy groups -OCH3 is 2. The van der Waals surface area contributed by atoms with Gasteiger partial charge in [-0.15, -0.1) is 0 Å². The van der Waals surface area contributed by atoms with Crippen molar-refractivity contribution >= 4 is 0 Å². The minimum absolute atomic E-state index is 0.251. The van der Waals surface area contributed by atoms with Gasteiger partial charge in [-0.25, -0.2) is 0 Å². The minimum atomic E-state index is -0.461. The van der Waals surface area contributed by atoms with E-state index in [-0.39, 0.29) is 11.7 Å². The summed E-state index contributed by atoms with van der Waals surface area (Å²) < 4.78 is 16.6. The second kappa shape index (κ2) is 4.14. The van der Waals surface area contributed by atoms with E-state index < -0.39 is 6.10 Å². The van der Waals surface area contributed by atoms with Crippen molar-refractivity contribution in [2.45, 2.75) is 37.1 Å². The first-order valence-electron chi connectivity index (χ1n) is 6.23. The van der Waals surface area contributed by atoms with Crippen LogP contribution >= 0.6 is 0 Å². The van der Waals surface area contributed by atoms with Gasteiger partial charge in [-0.3, -0.25) is 0 Å². The molecule has 1 atom stereocenters. The first kappa shape index (κ1) is 11.8. The number of benzene rings is 1. The second-order valence-corrected chi connectivity index (χ2v) is 5.17. The number of aliphatic hydroxyl groups excluding tert-OH is 1. The van der Waals surface area contributed by atoms with Crippen LogP contribution in [0.5, 0.6) is 11.5 Å². The predicted molar refractivity (Wildman–Crippen MR) is 66.0 cm³/mol. The van der Waals surface area contributed by atoms with Crippen LogP contribution in [-0.2, 0) is 4.74 Å². The number of fused-ring (bicyclic) bond motifs is 1. The van der Waals surface area contributed by atoms with Gasteiger partial charge in [-0.05, 0) is 12.1 Å². The van der Waals surface area contributed by atoms with Crippen LogP contribution in [-0.4, -0.2) is 31.0 Å². The van der Waals surface area contributed by atoms with Gasteiger partial charge in [0.2, 0.25) is 0 Å². The fourth-order valence-corrected chi connectivity index (χ4v) is 2.93. The molecule has 4 heteroatoms. The van der Waals surface area contributed by atoms with E-state index in [2.05, 4.69) is 0 Å². The fraction of sp³-hybridized carbons (Fsp3) is 0.571. The number of hydrogen-bond acceptors (Lipinski definition) is 4. The zero-order valence-electron chi connectivity index (χ0n) is 10.7. The maximum Gasteiger partial charge on any atom is 0.129 e. The van der Waals surface area contributed by atoms with E-state index in [0.29, 0.717) is 6.42 Å². The molecule has 98 valence electrons. The van der Waals surface area contributed by atoms with E-state index in [1.807, 2.05) is 18.2 Å². The van der Waals surface area contributed by atoms with E-state index in [4.69, 9.17) is 14.2 Å². The molecule has 0 aromatic heterocycles. The molecular weight excluding hydrogens is 232 g/mol. The Hall–Kier alpha value is -1.26. The molecule has 1 aliphatic carbocycles. The van der Waals surface area contributed by atoms with Crippen molar-refractivity contribution in [1.29, 1.82) is 0 Å². The molecule has 1 fully saturated rings. The third kappa shape index (κ3) is 1.76. The highest BCUT2D eigenvalue weighted by molar-refractivity contribution is 5.44. The second-order valence-electron chi connectivity index (χ2n) is 5.17. The summed E-state index contributed by atoms with van der Waals surface area (Å²) in [6, 6.07) is 5.57. The Morgan fingerprint density at radius 3 is 2.72 bits per heavy atom. The van der Waals surface area contributed by atoms with E-state index >= 15 is 0 Å². The average molecular weight is 250 g/mol. The van der Waals surface area contributed by atoms with Crippen LogP contribution in [0, 0.1) is 0 Å². The molecule has 0 amide bonds. The van der Waals surface area contributed by atoms with Crippen molar-refractivity contribution < 1.29 is 19.3 Å². The minimum Gasteiger partial charge on any atom is -0.497 e. The molecular formula is C14H18O4. The molecule has 1 aromatic rings. The van der Waals surface area contributed by atoms with Crippen LogP contribution in [0.4, 0.5) is 0 Å². The molecule has 18 heavy (non-hydrogen) atoms. The molecule has 3 rings (SSSR count). The van der Waals surface area contributed by atoms with E-state index in [0.717, 1.165) is 29.9 Å². The van der Waals surface area contributed by atoms with Gasteiger partial charge in [-0.1, -0.05) is 0 Å². The smallest absolute Gasteiger partial charge is 0.129 e. The van der Waals surface area contributed by atoms with Gasteiger partial charge in [0.15, 0.2) is 0 Å². The highest BCUT2D eigenvalue weighted by Gasteiger charge is 2.50. The van der Waals surface area contributed by atoms with Gasteiger partial charge in [0.25, 0.3) is 0 Å². The van der Waals surface area contributed by atoms with E-state index in [1.54, 1.807) is 14.2 Å². The maximum absolute atomic E-state index is 10.2. The molecule has 0 bridgehead atoms. The van der Waals surface area contributed by atoms with Gasteiger partial charge in [-0.2, -0.15) is 0 Å². The topological polar surface area (TPSA) is 47.9 Å². The summed E-state index contributed by atoms with van der Waals surface area (Å²) in [6.45, 7) is 0. The number of ether oxygens (including phenoxy) is 3. The van der Waals surface area contributed by atoms with Crippen molar-refractivity contribution in [1.82, 2.24) is 0 Å². The van der Waals surface area contributed by atoms with Crippen molar-refractivity contribution in [3.63, 3.8) is 0 Å². The Morgan fingerprint density at radius 2 is 2.06 bits per heavy atom. The monoisotopic (exact) mass is 250 g/mol. The van der Waals surface area contributed by atoms with Crippen LogP contribution in [0.3, 0.4) is 0 Å². The standard InChI is InChI=1S/C14H18O4/c1-16-9-3-4-11-12(15)8-14(18-13(11)5-9)6-10(7-14)17-2/h3-5,10,12,15H,6-8H2,1-2H3. The Kier molecular flexibility index (Phi) is 2.72. The molecule has 0 saturated heterocycles. The molecule has 1 aromatic carbocycles. The molecule has 2 aliphatic rings. The Balaban J connectivity index is 1.87. The first-order valence-corrected chi connectivity index (χ1v) is 6.23. The number of rotatable bonds is 2. The van der Waals surface area contributed by atoms with Gasteiger partial charge >= 0.3 is 0 Å². The summed E-state index contributed by atoms with van der Waals surface area (Å²) in [5, 5.41) is 10.2. The third-order valence-corrected chi connectivity index (χ3v) is 4.00. The van der Waals surface area contributed by atoms with Crippen LogP contribution in [0.1, 0.15) is 30.9 Å². The zero-order valence-corrected chi connectivity index (χ0v) is 10.7. The van der Waals surface area contributed by atoms with Crippen LogP contribution in [0.25, 0.3) is 0 Å². The van der Waals surface area contributed by atoms with Crippen molar-refractivity contribution in [2.75, 3.05) is 14.2 Å². The summed E-state index contributed by atoms with van der Waals surface area (Å²) >= 11 is 0. The lowest BCUT2D eigenvalue weighted by molar-refractivity contribution is -0.139. The summed E-state index contributed by atoms with van der Waals surface area (Å²) in [5.41, 5.74) is 0.599. The maximum atomic E-state index is 10.2. The lowest BCUT2D eigenvalue weighted by atomic mass is 9.71. The number of hydrogen-bond donors (Lipinski definition) is 1. The third-order valence-electron chi connectivity index (χ3n) is 4.00. The Bertz CT molecular complexity index is 451. The average Bonchev–Trinajstić information content (AvgIpc) is 2.34. The van der Waals surface area contributed by atoms with Gasteiger partial charge in [0.05, 0.1) is 19.3 Å². The fourth-order valence-electron chi connectivity index (χ4n) is 2.93. The van der Waals surface area contributed by atoms with E-state index in [1.165, 1.54) is 0 Å². The lowest BCUT2D eigenvalue weighted by Gasteiger charge is -2.50. The zero-order chi connectivity index (χ0) is 12.8. The predicted octanol–water partition coefficient (Wildman–Crippen LogP) is 2.06. The summed E-state index contributed by atoms with van der Waals surface area (Å²) in [4.78, 5) is 0. The summed E-state index contributed by atoms with van der Waals surface area (Å²) in [6.07, 6.45) is 2.13. The van der Waals surface area contributed by atoms with Crippen molar-refractivity contribution in [2.24, 2.45) is 0 Å². The highest BCUT2D eigenvalue weighted by Crippen LogP contribution is 2.50. The Morgan fingerprint density at radius 1 is 1.28 bits per heavy atom. The van der Waals surface area contributed by atoms with Gasteiger partial charge in [0, 0.05) is 38.0 Å².